The Morgan fingerprint density at radius 3 is 2.76 bits per heavy atom. The maximum absolute atomic E-state index is 12.9. The summed E-state index contributed by atoms with van der Waals surface area (Å²) < 4.78 is 1.36. The van der Waals surface area contributed by atoms with E-state index in [1.54, 1.807) is 6.07 Å². The van der Waals surface area contributed by atoms with Crippen molar-refractivity contribution < 1.29 is 4.79 Å². The topological polar surface area (TPSA) is 64.0 Å². The second-order valence-corrected chi connectivity index (χ2v) is 7.96. The molecule has 25 heavy (non-hydrogen) atoms. The summed E-state index contributed by atoms with van der Waals surface area (Å²) in [6, 6.07) is 7.29. The molecule has 2 aliphatic carbocycles. The summed E-state index contributed by atoms with van der Waals surface area (Å²) in [7, 11) is 0. The molecule has 2 aliphatic rings. The van der Waals surface area contributed by atoms with E-state index in [-0.39, 0.29) is 17.4 Å². The van der Waals surface area contributed by atoms with Gasteiger partial charge in [0.05, 0.1) is 10.9 Å². The molecule has 2 saturated carbocycles. The van der Waals surface area contributed by atoms with Gasteiger partial charge in [0.15, 0.2) is 0 Å². The first-order valence-corrected chi connectivity index (χ1v) is 9.34. The van der Waals surface area contributed by atoms with Crippen molar-refractivity contribution in [1.82, 2.24) is 9.66 Å². The summed E-state index contributed by atoms with van der Waals surface area (Å²) in [5.74, 6) is 2.57. The number of hydrogen-bond acceptors (Lipinski definition) is 3. The molecule has 2 aromatic rings. The number of nitrogens with zero attached hydrogens (tertiary/aromatic N) is 2. The largest absolute Gasteiger partial charge is 0.280 e. The highest BCUT2D eigenvalue weighted by Gasteiger charge is 2.40. The van der Waals surface area contributed by atoms with E-state index in [9.17, 15) is 9.59 Å². The monoisotopic (exact) mass is 339 g/mol. The molecule has 4 rings (SSSR count). The molecular weight excluding hydrogens is 314 g/mol. The Morgan fingerprint density at radius 2 is 2.08 bits per heavy atom. The summed E-state index contributed by atoms with van der Waals surface area (Å²) in [5, 5.41) is 0.534. The van der Waals surface area contributed by atoms with Crippen molar-refractivity contribution >= 4 is 16.8 Å². The van der Waals surface area contributed by atoms with Gasteiger partial charge in [0.2, 0.25) is 5.91 Å². The minimum Gasteiger partial charge on any atom is -0.273 e. The molecule has 1 amide bonds. The Morgan fingerprint density at radius 1 is 1.28 bits per heavy atom. The van der Waals surface area contributed by atoms with Crippen LogP contribution >= 0.6 is 0 Å². The van der Waals surface area contributed by atoms with Crippen LogP contribution in [0.4, 0.5) is 0 Å². The zero-order valence-electron chi connectivity index (χ0n) is 14.9. The first kappa shape index (κ1) is 16.3. The highest BCUT2D eigenvalue weighted by atomic mass is 16.2. The fourth-order valence-electron chi connectivity index (χ4n) is 4.68. The maximum atomic E-state index is 12.9. The van der Waals surface area contributed by atoms with Crippen LogP contribution in [0.3, 0.4) is 0 Å². The van der Waals surface area contributed by atoms with E-state index in [2.05, 4.69) is 10.4 Å². The zero-order chi connectivity index (χ0) is 17.6. The molecule has 2 fully saturated rings. The highest BCUT2D eigenvalue weighted by molar-refractivity contribution is 5.85. The minimum atomic E-state index is -0.199. The molecule has 132 valence electrons. The van der Waals surface area contributed by atoms with Crippen LogP contribution < -0.4 is 11.0 Å². The van der Waals surface area contributed by atoms with Crippen molar-refractivity contribution in [2.45, 2.75) is 51.9 Å². The molecule has 0 radical (unpaired) electrons. The number of carbonyl (C=O) groups is 1. The van der Waals surface area contributed by atoms with Crippen LogP contribution in [-0.4, -0.2) is 15.6 Å². The lowest BCUT2D eigenvalue weighted by Gasteiger charge is -2.22. The first-order chi connectivity index (χ1) is 12.0. The lowest BCUT2D eigenvalue weighted by atomic mass is 9.86. The van der Waals surface area contributed by atoms with Crippen LogP contribution in [0.2, 0.25) is 0 Å². The Hall–Kier alpha value is -2.17. The molecule has 0 aliphatic heterocycles. The van der Waals surface area contributed by atoms with Crippen molar-refractivity contribution in [1.29, 1.82) is 0 Å². The number of para-hydroxylation sites is 1. The molecule has 5 heteroatoms. The van der Waals surface area contributed by atoms with Gasteiger partial charge in [-0.2, -0.15) is 0 Å². The number of nitrogens with one attached hydrogen (secondary N) is 1. The summed E-state index contributed by atoms with van der Waals surface area (Å²) >= 11 is 0. The van der Waals surface area contributed by atoms with Gasteiger partial charge in [0, 0.05) is 12.3 Å². The van der Waals surface area contributed by atoms with Crippen LogP contribution in [0.1, 0.15) is 57.7 Å². The summed E-state index contributed by atoms with van der Waals surface area (Å²) in [4.78, 5) is 30.1. The Labute approximate surface area is 147 Å². The standard InChI is InChI=1S/C20H25N3O2/c1-12(2)19-21-17-6-4-3-5-16(17)20(25)23(19)22-18(24)11-15-10-13-7-8-14(15)9-13/h3-6,12-15H,7-11H2,1-2H3,(H,22,24). The number of hydrogen-bond donors (Lipinski definition) is 1. The number of carbonyl (C=O) groups excluding carboxylic acids is 1. The quantitative estimate of drug-likeness (QED) is 0.928. The Kier molecular flexibility index (Phi) is 4.10. The van der Waals surface area contributed by atoms with E-state index in [4.69, 9.17) is 0 Å². The zero-order valence-corrected chi connectivity index (χ0v) is 14.9. The molecule has 1 aromatic carbocycles. The molecule has 3 unspecified atom stereocenters. The van der Waals surface area contributed by atoms with Crippen LogP contribution in [0.25, 0.3) is 10.9 Å². The Balaban J connectivity index is 1.61. The normalized spacial score (nSPS) is 25.0. The van der Waals surface area contributed by atoms with Crippen molar-refractivity contribution in [3.8, 4) is 0 Å². The van der Waals surface area contributed by atoms with E-state index < -0.39 is 0 Å². The van der Waals surface area contributed by atoms with Gasteiger partial charge in [0.1, 0.15) is 5.82 Å². The molecule has 3 atom stereocenters. The van der Waals surface area contributed by atoms with Crippen molar-refractivity contribution in [2.24, 2.45) is 17.8 Å². The van der Waals surface area contributed by atoms with Gasteiger partial charge >= 0.3 is 0 Å². The SMILES string of the molecule is CC(C)c1nc2ccccc2c(=O)n1NC(=O)CC1CC2CCC1C2. The lowest BCUT2D eigenvalue weighted by molar-refractivity contribution is -0.118. The minimum absolute atomic E-state index is 0.0418. The van der Waals surface area contributed by atoms with Crippen molar-refractivity contribution in [3.63, 3.8) is 0 Å². The van der Waals surface area contributed by atoms with Crippen LogP contribution in [-0.2, 0) is 4.79 Å². The predicted octanol–water partition coefficient (Wildman–Crippen LogP) is 3.42. The van der Waals surface area contributed by atoms with Crippen LogP contribution in [0.5, 0.6) is 0 Å². The van der Waals surface area contributed by atoms with E-state index in [0.29, 0.717) is 35.0 Å². The Bertz CT molecular complexity index is 871. The van der Waals surface area contributed by atoms with Gasteiger partial charge < -0.3 is 0 Å². The fourth-order valence-corrected chi connectivity index (χ4v) is 4.68. The van der Waals surface area contributed by atoms with Gasteiger partial charge in [-0.15, -0.1) is 0 Å². The number of aromatic nitrogens is 2. The molecular formula is C20H25N3O2. The predicted molar refractivity (Wildman–Crippen MR) is 98.0 cm³/mol. The first-order valence-electron chi connectivity index (χ1n) is 9.34. The molecule has 0 spiro atoms. The third kappa shape index (κ3) is 2.96. The number of amides is 1. The third-order valence-electron chi connectivity index (χ3n) is 5.89. The highest BCUT2D eigenvalue weighted by Crippen LogP contribution is 2.49. The molecule has 1 heterocycles. The molecule has 1 aromatic heterocycles. The van der Waals surface area contributed by atoms with Gasteiger partial charge in [-0.25, -0.2) is 9.66 Å². The van der Waals surface area contributed by atoms with E-state index in [1.807, 2.05) is 32.0 Å². The second kappa shape index (κ2) is 6.28. The van der Waals surface area contributed by atoms with Crippen molar-refractivity contribution in [3.05, 3.63) is 40.4 Å². The summed E-state index contributed by atoms with van der Waals surface area (Å²) in [6.45, 7) is 3.96. The second-order valence-electron chi connectivity index (χ2n) is 7.96. The maximum Gasteiger partial charge on any atom is 0.280 e. The molecule has 5 nitrogen and oxygen atoms in total. The van der Waals surface area contributed by atoms with Gasteiger partial charge in [-0.3, -0.25) is 15.0 Å². The van der Waals surface area contributed by atoms with Gasteiger partial charge in [0.25, 0.3) is 5.56 Å². The van der Waals surface area contributed by atoms with Crippen LogP contribution in [0, 0.1) is 17.8 Å². The van der Waals surface area contributed by atoms with E-state index in [0.717, 1.165) is 5.92 Å². The van der Waals surface area contributed by atoms with E-state index in [1.165, 1.54) is 30.4 Å². The lowest BCUT2D eigenvalue weighted by Crippen LogP contribution is -2.37. The smallest absolute Gasteiger partial charge is 0.273 e. The number of rotatable bonds is 4. The fraction of sp³-hybridized carbons (Fsp3) is 0.550. The third-order valence-corrected chi connectivity index (χ3v) is 5.89. The van der Waals surface area contributed by atoms with Crippen LogP contribution in [0.15, 0.2) is 29.1 Å². The average Bonchev–Trinajstić information content (AvgIpc) is 3.20. The van der Waals surface area contributed by atoms with Gasteiger partial charge in [-0.05, 0) is 49.1 Å². The molecule has 0 saturated heterocycles. The van der Waals surface area contributed by atoms with Crippen molar-refractivity contribution in [2.75, 3.05) is 5.43 Å². The van der Waals surface area contributed by atoms with E-state index >= 15 is 0 Å². The number of fused-ring (bicyclic) bond motifs is 3. The molecule has 2 bridgehead atoms. The van der Waals surface area contributed by atoms with Gasteiger partial charge in [-0.1, -0.05) is 32.4 Å². The summed E-state index contributed by atoms with van der Waals surface area (Å²) in [6.07, 6.45) is 5.55. The average molecular weight is 339 g/mol. The summed E-state index contributed by atoms with van der Waals surface area (Å²) in [5.41, 5.74) is 3.32. The molecule has 1 N–H and O–H groups in total. The number of benzene rings is 1.